The van der Waals surface area contributed by atoms with Crippen molar-refractivity contribution in [1.82, 2.24) is 0 Å². The topological polar surface area (TPSA) is 87.0 Å². The van der Waals surface area contributed by atoms with E-state index < -0.39 is 11.7 Å². The molecule has 0 aliphatic heterocycles. The summed E-state index contributed by atoms with van der Waals surface area (Å²) in [6, 6.07) is 0. The smallest absolute Gasteiger partial charge is 0.343 e. The van der Waals surface area contributed by atoms with E-state index in [4.69, 9.17) is 4.74 Å². The van der Waals surface area contributed by atoms with E-state index >= 15 is 0 Å². The number of rotatable bonds is 12. The Kier molecular flexibility index (Phi) is 9.17. The highest BCUT2D eigenvalue weighted by atomic mass is 16.5. The number of phenols is 2. The van der Waals surface area contributed by atoms with E-state index in [9.17, 15) is 20.1 Å². The summed E-state index contributed by atoms with van der Waals surface area (Å²) in [6.07, 6.45) is 8.12. The standard InChI is InChI=1S/C20H32O5/c1-4-7-8-9-10-13-25-19-15(12-6-3)14(11-5-2)17(21)18(22)16(19)20(23)24/h21-22H,4-13H2,1-3H3,(H,23,24). The molecule has 1 aromatic carbocycles. The Morgan fingerprint density at radius 2 is 1.44 bits per heavy atom. The predicted octanol–water partition coefficient (Wildman–Crippen LogP) is 5.05. The van der Waals surface area contributed by atoms with Crippen molar-refractivity contribution in [2.45, 2.75) is 78.6 Å². The average Bonchev–Trinajstić information content (AvgIpc) is 2.57. The summed E-state index contributed by atoms with van der Waals surface area (Å²) in [6.45, 7) is 6.54. The second-order valence-electron chi connectivity index (χ2n) is 6.43. The third-order valence-corrected chi connectivity index (χ3v) is 4.32. The minimum absolute atomic E-state index is 0.226. The van der Waals surface area contributed by atoms with Crippen molar-refractivity contribution in [2.75, 3.05) is 6.61 Å². The normalized spacial score (nSPS) is 10.8. The van der Waals surface area contributed by atoms with Crippen LogP contribution in [0, 0.1) is 0 Å². The maximum Gasteiger partial charge on any atom is 0.343 e. The van der Waals surface area contributed by atoms with Crippen molar-refractivity contribution in [3.63, 3.8) is 0 Å². The Morgan fingerprint density at radius 1 is 0.840 bits per heavy atom. The van der Waals surface area contributed by atoms with Crippen LogP contribution in [-0.2, 0) is 12.8 Å². The number of aromatic hydroxyl groups is 2. The molecule has 0 amide bonds. The van der Waals surface area contributed by atoms with Gasteiger partial charge in [0.05, 0.1) is 6.61 Å². The third-order valence-electron chi connectivity index (χ3n) is 4.32. The van der Waals surface area contributed by atoms with Gasteiger partial charge in [0.25, 0.3) is 0 Å². The summed E-state index contributed by atoms with van der Waals surface area (Å²) in [4.78, 5) is 11.6. The second kappa shape index (κ2) is 10.9. The summed E-state index contributed by atoms with van der Waals surface area (Å²) in [5.74, 6) is -1.97. The monoisotopic (exact) mass is 352 g/mol. The lowest BCUT2D eigenvalue weighted by Crippen LogP contribution is -2.10. The highest BCUT2D eigenvalue weighted by molar-refractivity contribution is 5.96. The predicted molar refractivity (Wildman–Crippen MR) is 99.0 cm³/mol. The van der Waals surface area contributed by atoms with Crippen molar-refractivity contribution >= 4 is 5.97 Å². The van der Waals surface area contributed by atoms with Crippen LogP contribution in [0.25, 0.3) is 0 Å². The first-order valence-electron chi connectivity index (χ1n) is 9.45. The molecule has 0 atom stereocenters. The largest absolute Gasteiger partial charge is 0.504 e. The number of phenolic OH excluding ortho intramolecular Hbond substituents is 1. The molecule has 1 rings (SSSR count). The van der Waals surface area contributed by atoms with E-state index in [0.717, 1.165) is 38.5 Å². The van der Waals surface area contributed by atoms with E-state index in [1.807, 2.05) is 13.8 Å². The first kappa shape index (κ1) is 21.1. The first-order chi connectivity index (χ1) is 12.0. The van der Waals surface area contributed by atoms with Crippen LogP contribution in [0.5, 0.6) is 17.2 Å². The number of benzene rings is 1. The second-order valence-corrected chi connectivity index (χ2v) is 6.43. The SMILES string of the molecule is CCCCCCCOc1c(CCC)c(CCC)c(O)c(O)c1C(=O)O. The minimum Gasteiger partial charge on any atom is -0.504 e. The lowest BCUT2D eigenvalue weighted by atomic mass is 9.93. The zero-order valence-electron chi connectivity index (χ0n) is 15.7. The van der Waals surface area contributed by atoms with Gasteiger partial charge in [-0.15, -0.1) is 0 Å². The maximum absolute atomic E-state index is 11.6. The molecule has 1 aromatic rings. The maximum atomic E-state index is 11.6. The zero-order valence-corrected chi connectivity index (χ0v) is 15.7. The molecular weight excluding hydrogens is 320 g/mol. The zero-order chi connectivity index (χ0) is 18.8. The van der Waals surface area contributed by atoms with Crippen LogP contribution in [0.3, 0.4) is 0 Å². The molecule has 0 heterocycles. The van der Waals surface area contributed by atoms with Gasteiger partial charge in [-0.25, -0.2) is 4.79 Å². The number of unbranched alkanes of at least 4 members (excludes halogenated alkanes) is 4. The Bertz CT molecular complexity index is 566. The van der Waals surface area contributed by atoms with Gasteiger partial charge in [0, 0.05) is 11.1 Å². The molecule has 0 saturated heterocycles. The van der Waals surface area contributed by atoms with Crippen LogP contribution in [0.1, 0.15) is 87.2 Å². The fourth-order valence-electron chi connectivity index (χ4n) is 3.07. The molecule has 0 spiro atoms. The number of hydrogen-bond donors (Lipinski definition) is 3. The van der Waals surface area contributed by atoms with Crippen LogP contribution in [0.4, 0.5) is 0 Å². The summed E-state index contributed by atoms with van der Waals surface area (Å²) in [7, 11) is 0. The number of aromatic carboxylic acids is 1. The van der Waals surface area contributed by atoms with Gasteiger partial charge in [0.2, 0.25) is 0 Å². The molecule has 142 valence electrons. The molecule has 0 aromatic heterocycles. The van der Waals surface area contributed by atoms with Gasteiger partial charge in [-0.2, -0.15) is 0 Å². The van der Waals surface area contributed by atoms with E-state index in [2.05, 4.69) is 6.92 Å². The van der Waals surface area contributed by atoms with E-state index in [1.165, 1.54) is 6.42 Å². The molecule has 0 unspecified atom stereocenters. The molecule has 0 fully saturated rings. The van der Waals surface area contributed by atoms with Gasteiger partial charge < -0.3 is 20.1 Å². The summed E-state index contributed by atoms with van der Waals surface area (Å²) in [5.41, 5.74) is 0.993. The van der Waals surface area contributed by atoms with Crippen LogP contribution >= 0.6 is 0 Å². The van der Waals surface area contributed by atoms with Gasteiger partial charge in [0.1, 0.15) is 11.3 Å². The average molecular weight is 352 g/mol. The summed E-state index contributed by atoms with van der Waals surface area (Å²) >= 11 is 0. The molecule has 0 aliphatic rings. The van der Waals surface area contributed by atoms with E-state index in [0.29, 0.717) is 30.6 Å². The Balaban J connectivity index is 3.18. The molecule has 0 aliphatic carbocycles. The molecule has 0 saturated carbocycles. The van der Waals surface area contributed by atoms with Crippen molar-refractivity contribution in [3.05, 3.63) is 16.7 Å². The van der Waals surface area contributed by atoms with Crippen molar-refractivity contribution in [1.29, 1.82) is 0 Å². The Labute approximate surface area is 150 Å². The van der Waals surface area contributed by atoms with Crippen LogP contribution in [-0.4, -0.2) is 27.9 Å². The number of hydrogen-bond acceptors (Lipinski definition) is 4. The molecule has 25 heavy (non-hydrogen) atoms. The summed E-state index contributed by atoms with van der Waals surface area (Å²) in [5, 5.41) is 30.0. The molecule has 3 N–H and O–H groups in total. The first-order valence-corrected chi connectivity index (χ1v) is 9.45. The molecule has 5 nitrogen and oxygen atoms in total. The van der Waals surface area contributed by atoms with Crippen molar-refractivity contribution < 1.29 is 24.9 Å². The van der Waals surface area contributed by atoms with Crippen molar-refractivity contribution in [2.24, 2.45) is 0 Å². The Hall–Kier alpha value is -1.91. The van der Waals surface area contributed by atoms with Gasteiger partial charge in [0.15, 0.2) is 11.5 Å². The fourth-order valence-corrected chi connectivity index (χ4v) is 3.07. The highest BCUT2D eigenvalue weighted by Crippen LogP contribution is 2.44. The molecular formula is C20H32O5. The molecule has 0 bridgehead atoms. The highest BCUT2D eigenvalue weighted by Gasteiger charge is 2.27. The summed E-state index contributed by atoms with van der Waals surface area (Å²) < 4.78 is 5.83. The number of ether oxygens (including phenoxy) is 1. The van der Waals surface area contributed by atoms with Gasteiger partial charge in [-0.3, -0.25) is 0 Å². The number of carboxylic acid groups (broad SMARTS) is 1. The third kappa shape index (κ3) is 5.55. The number of carboxylic acids is 1. The number of carbonyl (C=O) groups is 1. The molecule has 0 radical (unpaired) electrons. The van der Waals surface area contributed by atoms with Crippen molar-refractivity contribution in [3.8, 4) is 17.2 Å². The fraction of sp³-hybridized carbons (Fsp3) is 0.650. The van der Waals surface area contributed by atoms with Gasteiger partial charge in [-0.1, -0.05) is 59.3 Å². The lowest BCUT2D eigenvalue weighted by Gasteiger charge is -2.20. The molecule has 5 heteroatoms. The Morgan fingerprint density at radius 3 is 2.00 bits per heavy atom. The van der Waals surface area contributed by atoms with Crippen LogP contribution < -0.4 is 4.74 Å². The quantitative estimate of drug-likeness (QED) is 0.362. The van der Waals surface area contributed by atoms with E-state index in [1.54, 1.807) is 0 Å². The van der Waals surface area contributed by atoms with Gasteiger partial charge in [-0.05, 0) is 19.3 Å². The van der Waals surface area contributed by atoms with E-state index in [-0.39, 0.29) is 17.1 Å². The van der Waals surface area contributed by atoms with Gasteiger partial charge >= 0.3 is 5.97 Å². The van der Waals surface area contributed by atoms with Crippen LogP contribution in [0.2, 0.25) is 0 Å². The van der Waals surface area contributed by atoms with Crippen LogP contribution in [0.15, 0.2) is 0 Å². The lowest BCUT2D eigenvalue weighted by molar-refractivity contribution is 0.0687. The minimum atomic E-state index is -1.28.